The van der Waals surface area contributed by atoms with Crippen molar-refractivity contribution >= 4 is 18.3 Å². The van der Waals surface area contributed by atoms with Gasteiger partial charge in [-0.2, -0.15) is 5.10 Å². The molecule has 0 bridgehead atoms. The maximum Gasteiger partial charge on any atom is 0.272 e. The van der Waals surface area contributed by atoms with Gasteiger partial charge in [0.15, 0.2) is 5.69 Å². The van der Waals surface area contributed by atoms with E-state index < -0.39 is 0 Å². The molecule has 0 spiro atoms. The van der Waals surface area contributed by atoms with Gasteiger partial charge < -0.3 is 10.6 Å². The predicted molar refractivity (Wildman–Crippen MR) is 63.8 cm³/mol. The van der Waals surface area contributed by atoms with Gasteiger partial charge in [0, 0.05) is 36.8 Å². The monoisotopic (exact) mass is 244 g/mol. The third kappa shape index (κ3) is 2.54. The van der Waals surface area contributed by atoms with E-state index in [1.807, 2.05) is 13.8 Å². The number of rotatable bonds is 2. The van der Waals surface area contributed by atoms with Gasteiger partial charge in [-0.3, -0.25) is 9.89 Å². The summed E-state index contributed by atoms with van der Waals surface area (Å²) in [5, 5.41) is 13.1. The van der Waals surface area contributed by atoms with Crippen LogP contribution in [0, 0.1) is 0 Å². The summed E-state index contributed by atoms with van der Waals surface area (Å²) in [6, 6.07) is 0.140. The van der Waals surface area contributed by atoms with Crippen LogP contribution < -0.4 is 10.6 Å². The van der Waals surface area contributed by atoms with E-state index in [1.54, 1.807) is 0 Å². The molecule has 6 heteroatoms. The average Bonchev–Trinajstić information content (AvgIpc) is 2.59. The van der Waals surface area contributed by atoms with E-state index in [1.165, 1.54) is 0 Å². The van der Waals surface area contributed by atoms with Crippen molar-refractivity contribution in [3.63, 3.8) is 0 Å². The quantitative estimate of drug-likeness (QED) is 0.714. The molecule has 3 N–H and O–H groups in total. The third-order valence-electron chi connectivity index (χ3n) is 2.44. The molecule has 0 saturated carbocycles. The smallest absolute Gasteiger partial charge is 0.272 e. The van der Waals surface area contributed by atoms with Crippen LogP contribution in [0.3, 0.4) is 0 Å². The van der Waals surface area contributed by atoms with Crippen molar-refractivity contribution in [3.8, 4) is 0 Å². The van der Waals surface area contributed by atoms with Crippen molar-refractivity contribution in [1.29, 1.82) is 0 Å². The van der Waals surface area contributed by atoms with Gasteiger partial charge >= 0.3 is 0 Å². The van der Waals surface area contributed by atoms with Gasteiger partial charge in [-0.05, 0) is 13.8 Å². The van der Waals surface area contributed by atoms with Gasteiger partial charge in [0.1, 0.15) is 0 Å². The number of aromatic amines is 1. The molecular formula is C10H17ClN4O. The maximum absolute atomic E-state index is 11.8. The molecule has 1 aromatic heterocycles. The molecule has 1 amide bonds. The van der Waals surface area contributed by atoms with Crippen molar-refractivity contribution in [2.75, 3.05) is 6.54 Å². The summed E-state index contributed by atoms with van der Waals surface area (Å²) < 4.78 is 0. The second-order valence-corrected chi connectivity index (χ2v) is 4.08. The summed E-state index contributed by atoms with van der Waals surface area (Å²) in [6.07, 6.45) is 0.914. The summed E-state index contributed by atoms with van der Waals surface area (Å²) in [7, 11) is 0. The highest BCUT2D eigenvalue weighted by Crippen LogP contribution is 2.15. The van der Waals surface area contributed by atoms with Crippen LogP contribution in [-0.2, 0) is 13.0 Å². The highest BCUT2D eigenvalue weighted by atomic mass is 35.5. The molecule has 0 aromatic carbocycles. The number of nitrogens with one attached hydrogen (secondary N) is 3. The minimum Gasteiger partial charge on any atom is -0.348 e. The fraction of sp³-hybridized carbons (Fsp3) is 0.600. The molecule has 1 aliphatic heterocycles. The number of carbonyl (C=O) groups is 1. The first-order chi connectivity index (χ1) is 7.18. The van der Waals surface area contributed by atoms with Crippen LogP contribution in [0.2, 0.25) is 0 Å². The fourth-order valence-electron chi connectivity index (χ4n) is 1.74. The molecule has 90 valence electrons. The molecule has 1 aromatic rings. The number of H-pyrrole nitrogens is 1. The number of halogens is 1. The van der Waals surface area contributed by atoms with Crippen molar-refractivity contribution in [2.24, 2.45) is 0 Å². The van der Waals surface area contributed by atoms with Crippen LogP contribution in [0.5, 0.6) is 0 Å². The molecule has 0 aliphatic carbocycles. The normalized spacial score (nSPS) is 14.2. The molecule has 16 heavy (non-hydrogen) atoms. The molecule has 0 saturated heterocycles. The highest BCUT2D eigenvalue weighted by molar-refractivity contribution is 5.94. The third-order valence-corrected chi connectivity index (χ3v) is 2.44. The van der Waals surface area contributed by atoms with E-state index in [0.717, 1.165) is 30.8 Å². The lowest BCUT2D eigenvalue weighted by Crippen LogP contribution is -2.32. The fourth-order valence-corrected chi connectivity index (χ4v) is 1.74. The topological polar surface area (TPSA) is 69.8 Å². The Morgan fingerprint density at radius 2 is 2.25 bits per heavy atom. The zero-order chi connectivity index (χ0) is 10.8. The Labute approximate surface area is 101 Å². The van der Waals surface area contributed by atoms with Gasteiger partial charge in [-0.25, -0.2) is 0 Å². The minimum atomic E-state index is -0.0915. The summed E-state index contributed by atoms with van der Waals surface area (Å²) in [4.78, 5) is 11.8. The lowest BCUT2D eigenvalue weighted by Gasteiger charge is -2.13. The summed E-state index contributed by atoms with van der Waals surface area (Å²) in [5.74, 6) is -0.0915. The largest absolute Gasteiger partial charge is 0.348 e. The molecule has 0 fully saturated rings. The predicted octanol–water partition coefficient (Wildman–Crippen LogP) is 0.615. The van der Waals surface area contributed by atoms with Crippen LogP contribution >= 0.6 is 12.4 Å². The van der Waals surface area contributed by atoms with Crippen molar-refractivity contribution < 1.29 is 4.79 Å². The Bertz CT molecular complexity index is 375. The van der Waals surface area contributed by atoms with E-state index >= 15 is 0 Å². The standard InChI is InChI=1S/C10H16N4O.ClH/c1-6(2)12-10(15)9-7-5-11-4-3-8(7)13-14-9;/h6,11H,3-5H2,1-2H3,(H,12,15)(H,13,14);1H. The second-order valence-electron chi connectivity index (χ2n) is 4.08. The molecule has 1 aliphatic rings. The zero-order valence-electron chi connectivity index (χ0n) is 9.46. The number of carbonyl (C=O) groups excluding carboxylic acids is 1. The minimum absolute atomic E-state index is 0. The Balaban J connectivity index is 0.00000128. The maximum atomic E-state index is 11.8. The molecular weight excluding hydrogens is 228 g/mol. The molecule has 2 heterocycles. The van der Waals surface area contributed by atoms with Crippen LogP contribution in [0.15, 0.2) is 0 Å². The van der Waals surface area contributed by atoms with E-state index in [-0.39, 0.29) is 24.4 Å². The number of hydrogen-bond donors (Lipinski definition) is 3. The van der Waals surface area contributed by atoms with E-state index in [0.29, 0.717) is 5.69 Å². The Morgan fingerprint density at radius 1 is 1.50 bits per heavy atom. The van der Waals surface area contributed by atoms with Gasteiger partial charge in [-0.15, -0.1) is 12.4 Å². The van der Waals surface area contributed by atoms with Crippen LogP contribution in [0.25, 0.3) is 0 Å². The molecule has 0 atom stereocenters. The van der Waals surface area contributed by atoms with Crippen LogP contribution in [0.1, 0.15) is 35.6 Å². The van der Waals surface area contributed by atoms with Crippen molar-refractivity contribution in [1.82, 2.24) is 20.8 Å². The first kappa shape index (κ1) is 13.0. The first-order valence-corrected chi connectivity index (χ1v) is 5.26. The summed E-state index contributed by atoms with van der Waals surface area (Å²) >= 11 is 0. The average molecular weight is 245 g/mol. The van der Waals surface area contributed by atoms with E-state index in [4.69, 9.17) is 0 Å². The lowest BCUT2D eigenvalue weighted by molar-refractivity contribution is 0.0937. The van der Waals surface area contributed by atoms with Crippen LogP contribution in [-0.4, -0.2) is 28.7 Å². The SMILES string of the molecule is CC(C)NC(=O)c1n[nH]c2c1CNCC2.Cl. The number of nitrogens with zero attached hydrogens (tertiary/aromatic N) is 1. The molecule has 0 radical (unpaired) electrons. The van der Waals surface area contributed by atoms with Gasteiger partial charge in [0.2, 0.25) is 0 Å². The number of aromatic nitrogens is 2. The molecule has 0 unspecified atom stereocenters. The number of fused-ring (bicyclic) bond motifs is 1. The molecule has 5 nitrogen and oxygen atoms in total. The summed E-state index contributed by atoms with van der Waals surface area (Å²) in [5.41, 5.74) is 2.63. The van der Waals surface area contributed by atoms with Crippen LogP contribution in [0.4, 0.5) is 0 Å². The Morgan fingerprint density at radius 3 is 2.94 bits per heavy atom. The number of amides is 1. The van der Waals surface area contributed by atoms with Gasteiger partial charge in [0.05, 0.1) is 0 Å². The second kappa shape index (κ2) is 5.32. The number of hydrogen-bond acceptors (Lipinski definition) is 3. The Kier molecular flexibility index (Phi) is 4.32. The van der Waals surface area contributed by atoms with Gasteiger partial charge in [-0.1, -0.05) is 0 Å². The van der Waals surface area contributed by atoms with E-state index in [9.17, 15) is 4.79 Å². The molecule has 2 rings (SSSR count). The van der Waals surface area contributed by atoms with Crippen molar-refractivity contribution in [3.05, 3.63) is 17.0 Å². The highest BCUT2D eigenvalue weighted by Gasteiger charge is 2.21. The summed E-state index contributed by atoms with van der Waals surface area (Å²) in [6.45, 7) is 5.55. The van der Waals surface area contributed by atoms with Gasteiger partial charge in [0.25, 0.3) is 5.91 Å². The Hall–Kier alpha value is -1.07. The zero-order valence-corrected chi connectivity index (χ0v) is 10.3. The van der Waals surface area contributed by atoms with Crippen molar-refractivity contribution in [2.45, 2.75) is 32.9 Å². The van der Waals surface area contributed by atoms with E-state index in [2.05, 4.69) is 20.8 Å². The first-order valence-electron chi connectivity index (χ1n) is 5.26. The lowest BCUT2D eigenvalue weighted by atomic mass is 10.1.